The number of rotatable bonds is 8. The molecule has 0 saturated carbocycles. The Bertz CT molecular complexity index is 1080. The highest BCUT2D eigenvalue weighted by Crippen LogP contribution is 2.34. The Morgan fingerprint density at radius 3 is 2.83 bits per heavy atom. The topological polar surface area (TPSA) is 79.8 Å². The Morgan fingerprint density at radius 2 is 2.03 bits per heavy atom. The smallest absolute Gasteiger partial charge is 0.263 e. The molecule has 6 nitrogen and oxygen atoms in total. The number of carbonyl (C=O) groups is 2. The third-order valence-electron chi connectivity index (χ3n) is 3.78. The van der Waals surface area contributed by atoms with Crippen LogP contribution in [0.3, 0.4) is 0 Å². The SMILES string of the molecule is C=CCOc1cccc(/C=N/NC(=O)CNC(=O)c2sc3ccccc3c2Cl)c1. The molecule has 0 spiro atoms. The summed E-state index contributed by atoms with van der Waals surface area (Å²) in [6, 6.07) is 14.7. The summed E-state index contributed by atoms with van der Waals surface area (Å²) in [6.07, 6.45) is 3.14. The molecule has 0 aliphatic heterocycles. The number of nitrogens with one attached hydrogen (secondary N) is 2. The first-order chi connectivity index (χ1) is 14.1. The number of ether oxygens (including phenoxy) is 1. The molecule has 1 heterocycles. The molecule has 0 aliphatic carbocycles. The second kappa shape index (κ2) is 9.86. The molecule has 0 saturated heterocycles. The zero-order valence-electron chi connectivity index (χ0n) is 15.4. The molecule has 2 amide bonds. The molecule has 0 aliphatic rings. The van der Waals surface area contributed by atoms with Gasteiger partial charge in [-0.25, -0.2) is 5.43 Å². The molecule has 3 aromatic rings. The van der Waals surface area contributed by atoms with E-state index in [0.29, 0.717) is 22.3 Å². The van der Waals surface area contributed by atoms with E-state index in [0.717, 1.165) is 15.6 Å². The minimum Gasteiger partial charge on any atom is -0.490 e. The van der Waals surface area contributed by atoms with E-state index in [2.05, 4.69) is 22.4 Å². The number of thiophene rings is 1. The first-order valence-corrected chi connectivity index (χ1v) is 9.89. The molecule has 148 valence electrons. The maximum absolute atomic E-state index is 12.3. The van der Waals surface area contributed by atoms with E-state index in [4.69, 9.17) is 16.3 Å². The molecule has 8 heteroatoms. The van der Waals surface area contributed by atoms with Gasteiger partial charge in [0.25, 0.3) is 11.8 Å². The third-order valence-corrected chi connectivity index (χ3v) is 5.45. The van der Waals surface area contributed by atoms with Crippen molar-refractivity contribution in [3.8, 4) is 5.75 Å². The van der Waals surface area contributed by atoms with Crippen LogP contribution in [0.5, 0.6) is 5.75 Å². The summed E-state index contributed by atoms with van der Waals surface area (Å²) in [4.78, 5) is 24.6. The van der Waals surface area contributed by atoms with Gasteiger partial charge in [-0.2, -0.15) is 5.10 Å². The van der Waals surface area contributed by atoms with Crippen molar-refractivity contribution in [2.45, 2.75) is 0 Å². The van der Waals surface area contributed by atoms with Crippen LogP contribution in [0.2, 0.25) is 5.02 Å². The minimum atomic E-state index is -0.453. The highest BCUT2D eigenvalue weighted by atomic mass is 35.5. The summed E-state index contributed by atoms with van der Waals surface area (Å²) < 4.78 is 6.35. The third kappa shape index (κ3) is 5.43. The molecule has 2 N–H and O–H groups in total. The molecule has 0 atom stereocenters. The summed E-state index contributed by atoms with van der Waals surface area (Å²) in [5, 5.41) is 7.65. The van der Waals surface area contributed by atoms with Gasteiger partial charge < -0.3 is 10.1 Å². The molecule has 29 heavy (non-hydrogen) atoms. The number of carbonyl (C=O) groups excluding carboxylic acids is 2. The van der Waals surface area contributed by atoms with E-state index in [-0.39, 0.29) is 6.54 Å². The summed E-state index contributed by atoms with van der Waals surface area (Å²) in [6.45, 7) is 3.78. The predicted molar refractivity (Wildman–Crippen MR) is 117 cm³/mol. The Kier molecular flexibility index (Phi) is 6.99. The number of hydrogen-bond donors (Lipinski definition) is 2. The Morgan fingerprint density at radius 1 is 1.21 bits per heavy atom. The molecular weight excluding hydrogens is 410 g/mol. The van der Waals surface area contributed by atoms with E-state index < -0.39 is 11.8 Å². The van der Waals surface area contributed by atoms with Crippen molar-refractivity contribution in [3.05, 3.63) is 76.6 Å². The summed E-state index contributed by atoms with van der Waals surface area (Å²) >= 11 is 7.56. The van der Waals surface area contributed by atoms with E-state index in [9.17, 15) is 9.59 Å². The van der Waals surface area contributed by atoms with Crippen LogP contribution in [0.4, 0.5) is 0 Å². The van der Waals surface area contributed by atoms with Crippen LogP contribution < -0.4 is 15.5 Å². The molecule has 3 rings (SSSR count). The maximum atomic E-state index is 12.3. The van der Waals surface area contributed by atoms with Crippen LogP contribution in [0.15, 0.2) is 66.3 Å². The van der Waals surface area contributed by atoms with E-state index in [1.54, 1.807) is 12.1 Å². The van der Waals surface area contributed by atoms with Gasteiger partial charge in [0, 0.05) is 10.1 Å². The molecule has 0 unspecified atom stereocenters. The van der Waals surface area contributed by atoms with Crippen LogP contribution in [0, 0.1) is 0 Å². The van der Waals surface area contributed by atoms with Crippen molar-refractivity contribution in [3.63, 3.8) is 0 Å². The second-order valence-corrected chi connectivity index (χ2v) is 7.32. The van der Waals surface area contributed by atoms with Gasteiger partial charge in [-0.15, -0.1) is 11.3 Å². The van der Waals surface area contributed by atoms with Gasteiger partial charge >= 0.3 is 0 Å². The molecule has 0 bridgehead atoms. The lowest BCUT2D eigenvalue weighted by Gasteiger charge is -2.04. The van der Waals surface area contributed by atoms with Crippen LogP contribution in [-0.4, -0.2) is 31.2 Å². The van der Waals surface area contributed by atoms with Gasteiger partial charge in [-0.05, 0) is 23.8 Å². The molecule has 0 fully saturated rings. The summed E-state index contributed by atoms with van der Waals surface area (Å²) in [5.41, 5.74) is 3.13. The van der Waals surface area contributed by atoms with Crippen molar-refractivity contribution < 1.29 is 14.3 Å². The first kappa shape index (κ1) is 20.6. The van der Waals surface area contributed by atoms with Crippen LogP contribution in [0.1, 0.15) is 15.2 Å². The number of hydrogen-bond acceptors (Lipinski definition) is 5. The summed E-state index contributed by atoms with van der Waals surface area (Å²) in [5.74, 6) is -0.180. The van der Waals surface area contributed by atoms with Crippen LogP contribution in [0.25, 0.3) is 10.1 Å². The molecule has 1 aromatic heterocycles. The number of benzene rings is 2. The number of halogens is 1. The number of amides is 2. The van der Waals surface area contributed by atoms with Gasteiger partial charge in [0.2, 0.25) is 0 Å². The average molecular weight is 428 g/mol. The highest BCUT2D eigenvalue weighted by molar-refractivity contribution is 7.21. The maximum Gasteiger partial charge on any atom is 0.263 e. The van der Waals surface area contributed by atoms with E-state index in [1.807, 2.05) is 42.5 Å². The number of hydrazone groups is 1. The average Bonchev–Trinajstić information content (AvgIpc) is 3.08. The lowest BCUT2D eigenvalue weighted by molar-refractivity contribution is -0.120. The van der Waals surface area contributed by atoms with Crippen molar-refractivity contribution in [1.82, 2.24) is 10.7 Å². The fourth-order valence-electron chi connectivity index (χ4n) is 2.46. The lowest BCUT2D eigenvalue weighted by atomic mass is 10.2. The second-order valence-electron chi connectivity index (χ2n) is 5.89. The zero-order chi connectivity index (χ0) is 20.6. The molecule has 0 radical (unpaired) electrons. The van der Waals surface area contributed by atoms with E-state index in [1.165, 1.54) is 17.6 Å². The van der Waals surface area contributed by atoms with Crippen molar-refractivity contribution in [2.75, 3.05) is 13.2 Å². The number of fused-ring (bicyclic) bond motifs is 1. The van der Waals surface area contributed by atoms with Crippen LogP contribution >= 0.6 is 22.9 Å². The fraction of sp³-hybridized carbons (Fsp3) is 0.0952. The van der Waals surface area contributed by atoms with Crippen LogP contribution in [-0.2, 0) is 4.79 Å². The monoisotopic (exact) mass is 427 g/mol. The Balaban J connectivity index is 1.52. The summed E-state index contributed by atoms with van der Waals surface area (Å²) in [7, 11) is 0. The Labute approximate surface area is 176 Å². The van der Waals surface area contributed by atoms with Gasteiger partial charge in [0.05, 0.1) is 17.8 Å². The fourth-order valence-corrected chi connectivity index (χ4v) is 3.89. The quantitative estimate of drug-likeness (QED) is 0.324. The normalized spacial score (nSPS) is 10.8. The largest absolute Gasteiger partial charge is 0.490 e. The van der Waals surface area contributed by atoms with Gasteiger partial charge in [-0.3, -0.25) is 9.59 Å². The van der Waals surface area contributed by atoms with Crippen molar-refractivity contribution >= 4 is 51.1 Å². The number of nitrogens with zero attached hydrogens (tertiary/aromatic N) is 1. The zero-order valence-corrected chi connectivity index (χ0v) is 16.9. The standard InChI is InChI=1S/C21H18ClN3O3S/c1-2-10-28-15-7-5-6-14(11-15)12-24-25-18(26)13-23-21(27)20-19(22)16-8-3-4-9-17(16)29-20/h2-9,11-12H,1,10,13H2,(H,23,27)(H,25,26)/b24-12+. The van der Waals surface area contributed by atoms with Gasteiger partial charge in [0.15, 0.2) is 0 Å². The highest BCUT2D eigenvalue weighted by Gasteiger charge is 2.17. The predicted octanol–water partition coefficient (Wildman–Crippen LogP) is 4.00. The van der Waals surface area contributed by atoms with E-state index >= 15 is 0 Å². The van der Waals surface area contributed by atoms with Gasteiger partial charge in [0.1, 0.15) is 17.2 Å². The molecular formula is C21H18ClN3O3S. The first-order valence-electron chi connectivity index (χ1n) is 8.69. The Hall–Kier alpha value is -3.16. The minimum absolute atomic E-state index is 0.219. The lowest BCUT2D eigenvalue weighted by Crippen LogP contribution is -2.34. The molecule has 2 aromatic carbocycles. The van der Waals surface area contributed by atoms with Crippen molar-refractivity contribution in [2.24, 2.45) is 5.10 Å². The van der Waals surface area contributed by atoms with Gasteiger partial charge in [-0.1, -0.05) is 54.6 Å². The van der Waals surface area contributed by atoms with Crippen molar-refractivity contribution in [1.29, 1.82) is 0 Å².